The molecule has 0 radical (unpaired) electrons. The van der Waals surface area contributed by atoms with Gasteiger partial charge in [0.1, 0.15) is 18.2 Å². The zero-order valence-corrected chi connectivity index (χ0v) is 12.3. The predicted octanol–water partition coefficient (Wildman–Crippen LogP) is 3.28. The molecule has 0 spiro atoms. The summed E-state index contributed by atoms with van der Waals surface area (Å²) < 4.78 is 19.0. The first-order chi connectivity index (χ1) is 9.79. The molecule has 0 saturated carbocycles. The van der Waals surface area contributed by atoms with E-state index in [4.69, 9.17) is 16.3 Å². The maximum Gasteiger partial charge on any atom is 0.135 e. The highest BCUT2D eigenvalue weighted by molar-refractivity contribution is 6.19. The van der Waals surface area contributed by atoms with Crippen LogP contribution in [0, 0.1) is 17.7 Å². The molecule has 1 heterocycles. The van der Waals surface area contributed by atoms with E-state index < -0.39 is 0 Å². The van der Waals surface area contributed by atoms with Crippen LogP contribution < -0.4 is 4.74 Å². The van der Waals surface area contributed by atoms with Gasteiger partial charge in [-0.25, -0.2) is 4.39 Å². The van der Waals surface area contributed by atoms with Crippen LogP contribution in [0.3, 0.4) is 0 Å². The van der Waals surface area contributed by atoms with E-state index in [2.05, 4.69) is 16.7 Å². The van der Waals surface area contributed by atoms with E-state index in [0.717, 1.165) is 19.6 Å². The Balaban J connectivity index is 1.91. The summed E-state index contributed by atoms with van der Waals surface area (Å²) in [6, 6.07) is 4.40. The Morgan fingerprint density at radius 3 is 2.80 bits per heavy atom. The van der Waals surface area contributed by atoms with Gasteiger partial charge in [-0.15, -0.1) is 11.6 Å². The van der Waals surface area contributed by atoms with Crippen LogP contribution in [0.1, 0.15) is 24.8 Å². The molecule has 0 bridgehead atoms. The van der Waals surface area contributed by atoms with Gasteiger partial charge in [0.25, 0.3) is 0 Å². The molecule has 1 aromatic rings. The molecule has 1 fully saturated rings. The van der Waals surface area contributed by atoms with Gasteiger partial charge in [-0.1, -0.05) is 18.3 Å². The molecule has 1 aliphatic rings. The second kappa shape index (κ2) is 8.14. The van der Waals surface area contributed by atoms with Crippen LogP contribution in [0.4, 0.5) is 4.39 Å². The normalized spacial score (nSPS) is 15.5. The zero-order chi connectivity index (χ0) is 14.2. The number of benzene rings is 1. The second-order valence-corrected chi connectivity index (χ2v) is 5.09. The Morgan fingerprint density at radius 1 is 1.25 bits per heavy atom. The molecular formula is C16H19ClFNO. The van der Waals surface area contributed by atoms with Gasteiger partial charge >= 0.3 is 0 Å². The molecule has 1 aromatic carbocycles. The highest BCUT2D eigenvalue weighted by Crippen LogP contribution is 2.19. The number of piperidine rings is 1. The minimum Gasteiger partial charge on any atom is -0.491 e. The number of hydrogen-bond donors (Lipinski definition) is 0. The van der Waals surface area contributed by atoms with Crippen molar-refractivity contribution in [1.29, 1.82) is 0 Å². The van der Waals surface area contributed by atoms with E-state index in [1.807, 2.05) is 0 Å². The summed E-state index contributed by atoms with van der Waals surface area (Å²) in [5, 5.41) is 0. The first-order valence-corrected chi connectivity index (χ1v) is 7.52. The number of rotatable bonds is 4. The molecule has 0 N–H and O–H groups in total. The maximum atomic E-state index is 13.2. The molecule has 1 saturated heterocycles. The third-order valence-corrected chi connectivity index (χ3v) is 3.48. The number of hydrogen-bond acceptors (Lipinski definition) is 2. The SMILES string of the molecule is Fc1ccc(OCCN2CCCCC2)c(C#CCCl)c1. The minimum absolute atomic E-state index is 0.226. The summed E-state index contributed by atoms with van der Waals surface area (Å²) in [6.07, 6.45) is 3.86. The van der Waals surface area contributed by atoms with Crippen LogP contribution >= 0.6 is 11.6 Å². The summed E-state index contributed by atoms with van der Waals surface area (Å²) in [6.45, 7) is 3.79. The summed E-state index contributed by atoms with van der Waals surface area (Å²) >= 11 is 5.53. The van der Waals surface area contributed by atoms with Crippen molar-refractivity contribution in [2.24, 2.45) is 0 Å². The average Bonchev–Trinajstić information content (AvgIpc) is 2.48. The van der Waals surface area contributed by atoms with Crippen molar-refractivity contribution in [1.82, 2.24) is 4.90 Å². The van der Waals surface area contributed by atoms with Gasteiger partial charge in [0.15, 0.2) is 0 Å². The third-order valence-electron chi connectivity index (χ3n) is 3.35. The quantitative estimate of drug-likeness (QED) is 0.624. The Hall–Kier alpha value is -1.24. The number of nitrogens with zero attached hydrogens (tertiary/aromatic N) is 1. The van der Waals surface area contributed by atoms with Gasteiger partial charge in [0.05, 0.1) is 11.4 Å². The molecule has 0 atom stereocenters. The summed E-state index contributed by atoms with van der Waals surface area (Å²) in [5.41, 5.74) is 0.560. The summed E-state index contributed by atoms with van der Waals surface area (Å²) in [4.78, 5) is 2.40. The Morgan fingerprint density at radius 2 is 2.05 bits per heavy atom. The van der Waals surface area contributed by atoms with Crippen molar-refractivity contribution >= 4 is 11.6 Å². The van der Waals surface area contributed by atoms with E-state index in [0.29, 0.717) is 17.9 Å². The van der Waals surface area contributed by atoms with Crippen molar-refractivity contribution in [3.63, 3.8) is 0 Å². The molecule has 0 aromatic heterocycles. The number of ether oxygens (including phenoxy) is 1. The van der Waals surface area contributed by atoms with Crippen LogP contribution in [0.5, 0.6) is 5.75 Å². The van der Waals surface area contributed by atoms with E-state index in [1.165, 1.54) is 31.4 Å². The zero-order valence-electron chi connectivity index (χ0n) is 11.5. The second-order valence-electron chi connectivity index (χ2n) is 4.83. The standard InChI is InChI=1S/C16H19ClFNO/c17-8-4-5-14-13-15(18)6-7-16(14)20-12-11-19-9-2-1-3-10-19/h6-7,13H,1-3,8-12H2. The summed E-state index contributed by atoms with van der Waals surface area (Å²) in [7, 11) is 0. The van der Waals surface area contributed by atoms with Gasteiger partial charge in [0, 0.05) is 6.54 Å². The lowest BCUT2D eigenvalue weighted by Gasteiger charge is -2.26. The van der Waals surface area contributed by atoms with Crippen molar-refractivity contribution in [2.45, 2.75) is 19.3 Å². The lowest BCUT2D eigenvalue weighted by atomic mass is 10.1. The predicted molar refractivity (Wildman–Crippen MR) is 79.8 cm³/mol. The molecule has 4 heteroatoms. The molecule has 0 aliphatic carbocycles. The van der Waals surface area contributed by atoms with E-state index >= 15 is 0 Å². The van der Waals surface area contributed by atoms with Gasteiger partial charge < -0.3 is 4.74 Å². The number of alkyl halides is 1. The third kappa shape index (κ3) is 4.70. The largest absolute Gasteiger partial charge is 0.491 e. The van der Waals surface area contributed by atoms with Gasteiger partial charge in [-0.2, -0.15) is 0 Å². The first-order valence-electron chi connectivity index (χ1n) is 6.99. The van der Waals surface area contributed by atoms with Crippen molar-refractivity contribution in [3.8, 4) is 17.6 Å². The van der Waals surface area contributed by atoms with Crippen LogP contribution in [0.15, 0.2) is 18.2 Å². The van der Waals surface area contributed by atoms with Crippen LogP contribution in [-0.4, -0.2) is 37.0 Å². The van der Waals surface area contributed by atoms with Gasteiger partial charge in [-0.3, -0.25) is 4.90 Å². The average molecular weight is 296 g/mol. The first kappa shape index (κ1) is 15.2. The maximum absolute atomic E-state index is 13.2. The fourth-order valence-corrected chi connectivity index (χ4v) is 2.39. The number of halogens is 2. The van der Waals surface area contributed by atoms with Crippen LogP contribution in [0.2, 0.25) is 0 Å². The minimum atomic E-state index is -0.313. The van der Waals surface area contributed by atoms with E-state index in [-0.39, 0.29) is 11.7 Å². The van der Waals surface area contributed by atoms with Gasteiger partial charge in [0.2, 0.25) is 0 Å². The summed E-state index contributed by atoms with van der Waals surface area (Å²) in [5.74, 6) is 6.10. The highest BCUT2D eigenvalue weighted by atomic mass is 35.5. The Labute approximate surface area is 124 Å². The molecular weight excluding hydrogens is 277 g/mol. The van der Waals surface area contributed by atoms with Crippen molar-refractivity contribution < 1.29 is 9.13 Å². The van der Waals surface area contributed by atoms with Crippen molar-refractivity contribution in [3.05, 3.63) is 29.6 Å². The van der Waals surface area contributed by atoms with Crippen LogP contribution in [-0.2, 0) is 0 Å². The lowest BCUT2D eigenvalue weighted by Crippen LogP contribution is -2.33. The fraction of sp³-hybridized carbons (Fsp3) is 0.500. The smallest absolute Gasteiger partial charge is 0.135 e. The molecule has 0 unspecified atom stereocenters. The highest BCUT2D eigenvalue weighted by Gasteiger charge is 2.10. The Kier molecular flexibility index (Phi) is 6.17. The molecule has 0 amide bonds. The lowest BCUT2D eigenvalue weighted by molar-refractivity contribution is 0.183. The van der Waals surface area contributed by atoms with Gasteiger partial charge in [-0.05, 0) is 44.1 Å². The molecule has 20 heavy (non-hydrogen) atoms. The van der Waals surface area contributed by atoms with Crippen molar-refractivity contribution in [2.75, 3.05) is 32.1 Å². The fourth-order valence-electron chi connectivity index (χ4n) is 2.32. The molecule has 2 rings (SSSR count). The monoisotopic (exact) mass is 295 g/mol. The Bertz CT molecular complexity index is 489. The molecule has 108 valence electrons. The topological polar surface area (TPSA) is 12.5 Å². The van der Waals surface area contributed by atoms with Crippen LogP contribution in [0.25, 0.3) is 0 Å². The molecule has 1 aliphatic heterocycles. The van der Waals surface area contributed by atoms with E-state index in [9.17, 15) is 4.39 Å². The molecule has 2 nitrogen and oxygen atoms in total. The number of likely N-dealkylation sites (tertiary alicyclic amines) is 1. The van der Waals surface area contributed by atoms with E-state index in [1.54, 1.807) is 6.07 Å².